The minimum atomic E-state index is 0.101. The molecule has 5 heteroatoms. The molecule has 0 spiro atoms. The van der Waals surface area contributed by atoms with E-state index in [9.17, 15) is 4.79 Å². The van der Waals surface area contributed by atoms with E-state index < -0.39 is 0 Å². The maximum Gasteiger partial charge on any atom is 0.223 e. The summed E-state index contributed by atoms with van der Waals surface area (Å²) < 4.78 is 5.15. The summed E-state index contributed by atoms with van der Waals surface area (Å²) in [6, 6.07) is 15.8. The summed E-state index contributed by atoms with van der Waals surface area (Å²) in [4.78, 5) is 14.8. The summed E-state index contributed by atoms with van der Waals surface area (Å²) in [6.45, 7) is 3.33. The number of benzene rings is 2. The Balaban J connectivity index is 1.42. The van der Waals surface area contributed by atoms with E-state index in [-0.39, 0.29) is 11.8 Å². The smallest absolute Gasteiger partial charge is 0.223 e. The van der Waals surface area contributed by atoms with Gasteiger partial charge in [-0.1, -0.05) is 35.9 Å². The van der Waals surface area contributed by atoms with Crippen molar-refractivity contribution < 1.29 is 9.53 Å². The number of amides is 1. The number of nitrogens with zero attached hydrogens (tertiary/aromatic N) is 1. The Morgan fingerprint density at radius 3 is 2.54 bits per heavy atom. The van der Waals surface area contributed by atoms with Crippen molar-refractivity contribution in [2.75, 3.05) is 20.2 Å². The number of likely N-dealkylation sites (tertiary alicyclic amines) is 1. The largest absolute Gasteiger partial charge is 0.497 e. The van der Waals surface area contributed by atoms with Crippen molar-refractivity contribution in [3.8, 4) is 5.75 Å². The lowest BCUT2D eigenvalue weighted by Gasteiger charge is -2.31. The van der Waals surface area contributed by atoms with Crippen LogP contribution in [0.3, 0.4) is 0 Å². The first kappa shape index (κ1) is 18.7. The van der Waals surface area contributed by atoms with Crippen molar-refractivity contribution in [3.05, 3.63) is 64.7 Å². The predicted octanol–water partition coefficient (Wildman–Crippen LogP) is 3.88. The Morgan fingerprint density at radius 1 is 1.15 bits per heavy atom. The molecule has 1 fully saturated rings. The Labute approximate surface area is 160 Å². The van der Waals surface area contributed by atoms with E-state index in [0.717, 1.165) is 48.8 Å². The minimum Gasteiger partial charge on any atom is -0.497 e. The third-order valence-electron chi connectivity index (χ3n) is 4.88. The van der Waals surface area contributed by atoms with Gasteiger partial charge < -0.3 is 10.1 Å². The summed E-state index contributed by atoms with van der Waals surface area (Å²) in [5.74, 6) is 1.08. The van der Waals surface area contributed by atoms with Crippen LogP contribution in [-0.2, 0) is 17.9 Å². The highest BCUT2D eigenvalue weighted by molar-refractivity contribution is 6.30. The van der Waals surface area contributed by atoms with Gasteiger partial charge in [0, 0.05) is 24.0 Å². The van der Waals surface area contributed by atoms with Crippen LogP contribution in [0.15, 0.2) is 48.5 Å². The lowest BCUT2D eigenvalue weighted by Crippen LogP contribution is -2.40. The van der Waals surface area contributed by atoms with Gasteiger partial charge in [0.25, 0.3) is 0 Å². The van der Waals surface area contributed by atoms with Crippen molar-refractivity contribution in [1.82, 2.24) is 10.2 Å². The molecule has 1 saturated heterocycles. The van der Waals surface area contributed by atoms with Crippen molar-refractivity contribution >= 4 is 17.5 Å². The van der Waals surface area contributed by atoms with Crippen LogP contribution < -0.4 is 10.1 Å². The number of piperidine rings is 1. The Kier molecular flexibility index (Phi) is 6.53. The van der Waals surface area contributed by atoms with E-state index in [1.807, 2.05) is 42.5 Å². The number of ether oxygens (including phenoxy) is 1. The van der Waals surface area contributed by atoms with Gasteiger partial charge >= 0.3 is 0 Å². The molecular weight excluding hydrogens is 348 g/mol. The molecular formula is C21H25ClN2O2. The molecule has 0 aliphatic carbocycles. The monoisotopic (exact) mass is 372 g/mol. The number of rotatable bonds is 6. The number of methoxy groups -OCH3 is 1. The van der Waals surface area contributed by atoms with Crippen molar-refractivity contribution in [1.29, 1.82) is 0 Å². The topological polar surface area (TPSA) is 41.6 Å². The average Bonchev–Trinajstić information content (AvgIpc) is 2.67. The second kappa shape index (κ2) is 9.06. The standard InChI is InChI=1S/C21H25ClN2O2/c1-26-20-7-5-16(6-8-20)14-23-21(25)18-9-11-24(12-10-18)15-17-3-2-4-19(22)13-17/h2-8,13,18H,9-12,14-15H2,1H3,(H,23,25). The number of hydrogen-bond acceptors (Lipinski definition) is 3. The second-order valence-electron chi connectivity index (χ2n) is 6.75. The third-order valence-corrected chi connectivity index (χ3v) is 5.11. The molecule has 0 aromatic heterocycles. The maximum absolute atomic E-state index is 12.4. The van der Waals surface area contributed by atoms with Crippen LogP contribution in [0.1, 0.15) is 24.0 Å². The molecule has 1 aliphatic rings. The van der Waals surface area contributed by atoms with Crippen LogP contribution in [0.25, 0.3) is 0 Å². The van der Waals surface area contributed by atoms with Gasteiger partial charge in [0.1, 0.15) is 5.75 Å². The van der Waals surface area contributed by atoms with Crippen LogP contribution in [0, 0.1) is 5.92 Å². The fourth-order valence-corrected chi connectivity index (χ4v) is 3.54. The van der Waals surface area contributed by atoms with Gasteiger partial charge in [-0.3, -0.25) is 9.69 Å². The fraction of sp³-hybridized carbons (Fsp3) is 0.381. The quantitative estimate of drug-likeness (QED) is 0.836. The fourth-order valence-electron chi connectivity index (χ4n) is 3.32. The summed E-state index contributed by atoms with van der Waals surface area (Å²) in [5, 5.41) is 3.84. The average molecular weight is 373 g/mol. The summed E-state index contributed by atoms with van der Waals surface area (Å²) in [7, 11) is 1.65. The van der Waals surface area contributed by atoms with Gasteiger partial charge in [-0.15, -0.1) is 0 Å². The summed E-state index contributed by atoms with van der Waals surface area (Å²) in [6.07, 6.45) is 1.80. The first-order chi connectivity index (χ1) is 12.6. The van der Waals surface area contributed by atoms with Gasteiger partial charge in [0.2, 0.25) is 5.91 Å². The molecule has 0 saturated carbocycles. The molecule has 138 valence electrons. The Bertz CT molecular complexity index is 725. The molecule has 1 heterocycles. The van der Waals surface area contributed by atoms with Crippen LogP contribution in [0.5, 0.6) is 5.75 Å². The molecule has 2 aromatic rings. The molecule has 26 heavy (non-hydrogen) atoms. The van der Waals surface area contributed by atoms with Crippen LogP contribution in [-0.4, -0.2) is 31.0 Å². The zero-order chi connectivity index (χ0) is 18.4. The molecule has 1 N–H and O–H groups in total. The predicted molar refractivity (Wildman–Crippen MR) is 104 cm³/mol. The molecule has 0 radical (unpaired) electrons. The van der Waals surface area contributed by atoms with Crippen molar-refractivity contribution in [3.63, 3.8) is 0 Å². The molecule has 0 unspecified atom stereocenters. The molecule has 0 bridgehead atoms. The highest BCUT2D eigenvalue weighted by atomic mass is 35.5. The van der Waals surface area contributed by atoms with E-state index in [1.54, 1.807) is 7.11 Å². The third kappa shape index (κ3) is 5.23. The molecule has 1 amide bonds. The number of carbonyl (C=O) groups excluding carboxylic acids is 1. The SMILES string of the molecule is COc1ccc(CNC(=O)C2CCN(Cc3cccc(Cl)c3)CC2)cc1. The number of halogens is 1. The van der Waals surface area contributed by atoms with Gasteiger partial charge in [0.15, 0.2) is 0 Å². The van der Waals surface area contributed by atoms with E-state index in [0.29, 0.717) is 6.54 Å². The van der Waals surface area contributed by atoms with Gasteiger partial charge in [-0.2, -0.15) is 0 Å². The molecule has 1 aliphatic heterocycles. The lowest BCUT2D eigenvalue weighted by atomic mass is 9.95. The summed E-state index contributed by atoms with van der Waals surface area (Å²) >= 11 is 6.05. The Hall–Kier alpha value is -2.04. The number of nitrogens with one attached hydrogen (secondary N) is 1. The van der Waals surface area contributed by atoms with Gasteiger partial charge in [-0.05, 0) is 61.3 Å². The van der Waals surface area contributed by atoms with E-state index in [1.165, 1.54) is 5.56 Å². The van der Waals surface area contributed by atoms with E-state index in [4.69, 9.17) is 16.3 Å². The van der Waals surface area contributed by atoms with Gasteiger partial charge in [-0.25, -0.2) is 0 Å². The maximum atomic E-state index is 12.4. The van der Waals surface area contributed by atoms with Crippen LogP contribution in [0.2, 0.25) is 5.02 Å². The molecule has 3 rings (SSSR count). The van der Waals surface area contributed by atoms with E-state index in [2.05, 4.69) is 16.3 Å². The summed E-state index contributed by atoms with van der Waals surface area (Å²) in [5.41, 5.74) is 2.30. The zero-order valence-electron chi connectivity index (χ0n) is 15.1. The Morgan fingerprint density at radius 2 is 1.88 bits per heavy atom. The molecule has 2 aromatic carbocycles. The zero-order valence-corrected chi connectivity index (χ0v) is 15.8. The highest BCUT2D eigenvalue weighted by Crippen LogP contribution is 2.20. The van der Waals surface area contributed by atoms with Crippen molar-refractivity contribution in [2.45, 2.75) is 25.9 Å². The van der Waals surface area contributed by atoms with Crippen LogP contribution in [0.4, 0.5) is 0 Å². The second-order valence-corrected chi connectivity index (χ2v) is 7.18. The molecule has 0 atom stereocenters. The van der Waals surface area contributed by atoms with Crippen molar-refractivity contribution in [2.24, 2.45) is 5.92 Å². The number of hydrogen-bond donors (Lipinski definition) is 1. The highest BCUT2D eigenvalue weighted by Gasteiger charge is 2.24. The van der Waals surface area contributed by atoms with E-state index >= 15 is 0 Å². The molecule has 4 nitrogen and oxygen atoms in total. The lowest BCUT2D eigenvalue weighted by molar-refractivity contribution is -0.126. The first-order valence-electron chi connectivity index (χ1n) is 9.01. The minimum absolute atomic E-state index is 0.101. The first-order valence-corrected chi connectivity index (χ1v) is 9.39. The van der Waals surface area contributed by atoms with Gasteiger partial charge in [0.05, 0.1) is 7.11 Å². The normalized spacial score (nSPS) is 15.6. The van der Waals surface area contributed by atoms with Crippen LogP contribution >= 0.6 is 11.6 Å². The number of carbonyl (C=O) groups is 1.